The maximum Gasteiger partial charge on any atom is 0.305 e. The maximum absolute atomic E-state index is 10.5. The number of hydrogen-bond donors (Lipinski definition) is 2. The summed E-state index contributed by atoms with van der Waals surface area (Å²) in [5, 5.41) is 8.66. The minimum absolute atomic E-state index is 0.0626. The van der Waals surface area contributed by atoms with E-state index in [2.05, 4.69) is 0 Å². The molecule has 0 spiro atoms. The van der Waals surface area contributed by atoms with Crippen LogP contribution in [0.25, 0.3) is 0 Å². The molecular formula is C12H15NO3. The quantitative estimate of drug-likeness (QED) is 0.793. The summed E-state index contributed by atoms with van der Waals surface area (Å²) in [7, 11) is 0. The largest absolute Gasteiger partial charge is 0.490 e. The molecule has 4 nitrogen and oxygen atoms in total. The Labute approximate surface area is 94.0 Å². The van der Waals surface area contributed by atoms with Crippen LogP contribution in [0, 0.1) is 0 Å². The average molecular weight is 221 g/mol. The molecule has 0 amide bonds. The van der Waals surface area contributed by atoms with Crippen LogP contribution in [-0.4, -0.2) is 17.2 Å². The number of ether oxygens (including phenoxy) is 1. The average Bonchev–Trinajstić information content (AvgIpc) is 3.01. The molecule has 0 radical (unpaired) electrons. The first-order valence-electron chi connectivity index (χ1n) is 5.39. The molecule has 2 rings (SSSR count). The first kappa shape index (κ1) is 11.0. The van der Waals surface area contributed by atoms with Crippen molar-refractivity contribution >= 4 is 5.97 Å². The first-order chi connectivity index (χ1) is 7.65. The Morgan fingerprint density at radius 1 is 1.56 bits per heavy atom. The summed E-state index contributed by atoms with van der Waals surface area (Å²) in [4.78, 5) is 10.5. The Morgan fingerprint density at radius 3 is 2.94 bits per heavy atom. The van der Waals surface area contributed by atoms with E-state index in [0.29, 0.717) is 6.10 Å². The van der Waals surface area contributed by atoms with Crippen LogP contribution in [0.2, 0.25) is 0 Å². The molecule has 0 aliphatic heterocycles. The van der Waals surface area contributed by atoms with Crippen LogP contribution in [0.4, 0.5) is 0 Å². The fourth-order valence-electron chi connectivity index (χ4n) is 1.50. The highest BCUT2D eigenvalue weighted by molar-refractivity contribution is 5.67. The number of hydrogen-bond acceptors (Lipinski definition) is 3. The summed E-state index contributed by atoms with van der Waals surface area (Å²) in [5.74, 6) is -0.109. The zero-order valence-corrected chi connectivity index (χ0v) is 8.93. The van der Waals surface area contributed by atoms with Gasteiger partial charge in [0.1, 0.15) is 5.75 Å². The molecule has 4 heteroatoms. The molecule has 16 heavy (non-hydrogen) atoms. The standard InChI is InChI=1S/C12H15NO3/c13-11(7-12(14)15)8-2-1-3-10(6-8)16-9-4-5-9/h1-3,6,9,11H,4-5,7,13H2,(H,14,15). The lowest BCUT2D eigenvalue weighted by atomic mass is 10.0. The van der Waals surface area contributed by atoms with E-state index in [1.165, 1.54) is 0 Å². The van der Waals surface area contributed by atoms with E-state index in [9.17, 15) is 4.79 Å². The summed E-state index contributed by atoms with van der Waals surface area (Å²) in [6.45, 7) is 0. The van der Waals surface area contributed by atoms with Crippen LogP contribution in [0.15, 0.2) is 24.3 Å². The van der Waals surface area contributed by atoms with Gasteiger partial charge in [-0.1, -0.05) is 12.1 Å². The minimum Gasteiger partial charge on any atom is -0.490 e. The van der Waals surface area contributed by atoms with E-state index < -0.39 is 12.0 Å². The molecule has 1 fully saturated rings. The second-order valence-corrected chi connectivity index (χ2v) is 4.09. The van der Waals surface area contributed by atoms with Crippen LogP contribution in [0.5, 0.6) is 5.75 Å². The molecular weight excluding hydrogens is 206 g/mol. The Hall–Kier alpha value is -1.55. The topological polar surface area (TPSA) is 72.6 Å². The van der Waals surface area contributed by atoms with Crippen molar-refractivity contribution in [3.63, 3.8) is 0 Å². The molecule has 0 aromatic heterocycles. The van der Waals surface area contributed by atoms with Gasteiger partial charge >= 0.3 is 5.97 Å². The third kappa shape index (κ3) is 2.97. The van der Waals surface area contributed by atoms with Gasteiger partial charge in [0.05, 0.1) is 12.5 Å². The maximum atomic E-state index is 10.5. The number of aliphatic carboxylic acids is 1. The van der Waals surface area contributed by atoms with Crippen LogP contribution in [0.3, 0.4) is 0 Å². The number of carboxylic acid groups (broad SMARTS) is 1. The van der Waals surface area contributed by atoms with Crippen LogP contribution >= 0.6 is 0 Å². The van der Waals surface area contributed by atoms with Crippen molar-refractivity contribution < 1.29 is 14.6 Å². The summed E-state index contributed by atoms with van der Waals surface area (Å²) in [6, 6.07) is 6.89. The molecule has 3 N–H and O–H groups in total. The van der Waals surface area contributed by atoms with E-state index in [1.807, 2.05) is 24.3 Å². The Morgan fingerprint density at radius 2 is 2.31 bits per heavy atom. The lowest BCUT2D eigenvalue weighted by Gasteiger charge is -2.11. The van der Waals surface area contributed by atoms with Gasteiger partial charge < -0.3 is 15.6 Å². The third-order valence-electron chi connectivity index (χ3n) is 2.51. The van der Waals surface area contributed by atoms with Crippen molar-refractivity contribution in [2.24, 2.45) is 5.73 Å². The van der Waals surface area contributed by atoms with Crippen molar-refractivity contribution in [2.75, 3.05) is 0 Å². The second kappa shape index (κ2) is 4.53. The molecule has 1 atom stereocenters. The minimum atomic E-state index is -0.888. The van der Waals surface area contributed by atoms with E-state index in [1.54, 1.807) is 0 Å². The van der Waals surface area contributed by atoms with Crippen molar-refractivity contribution in [2.45, 2.75) is 31.4 Å². The molecule has 1 aliphatic carbocycles. The van der Waals surface area contributed by atoms with Gasteiger partial charge in [-0.3, -0.25) is 4.79 Å². The lowest BCUT2D eigenvalue weighted by molar-refractivity contribution is -0.137. The van der Waals surface area contributed by atoms with Gasteiger partial charge in [0.2, 0.25) is 0 Å². The van der Waals surface area contributed by atoms with Gasteiger partial charge in [0.15, 0.2) is 0 Å². The SMILES string of the molecule is NC(CC(=O)O)c1cccc(OC2CC2)c1. The molecule has 1 aromatic rings. The zero-order valence-electron chi connectivity index (χ0n) is 8.93. The lowest BCUT2D eigenvalue weighted by Crippen LogP contribution is -2.15. The normalized spacial score (nSPS) is 16.8. The fraction of sp³-hybridized carbons (Fsp3) is 0.417. The van der Waals surface area contributed by atoms with E-state index >= 15 is 0 Å². The van der Waals surface area contributed by atoms with Crippen molar-refractivity contribution in [1.29, 1.82) is 0 Å². The van der Waals surface area contributed by atoms with Gasteiger partial charge in [-0.2, -0.15) is 0 Å². The Bertz CT molecular complexity index is 388. The summed E-state index contributed by atoms with van der Waals surface area (Å²) >= 11 is 0. The van der Waals surface area contributed by atoms with Crippen LogP contribution < -0.4 is 10.5 Å². The van der Waals surface area contributed by atoms with Crippen LogP contribution in [0.1, 0.15) is 30.9 Å². The Kier molecular flexibility index (Phi) is 3.10. The molecule has 1 aliphatic rings. The summed E-state index contributed by atoms with van der Waals surface area (Å²) in [6.07, 6.45) is 2.48. The van der Waals surface area contributed by atoms with Gasteiger partial charge in [-0.15, -0.1) is 0 Å². The predicted octanol–water partition coefficient (Wildman–Crippen LogP) is 1.70. The van der Waals surface area contributed by atoms with E-state index in [-0.39, 0.29) is 6.42 Å². The molecule has 0 bridgehead atoms. The third-order valence-corrected chi connectivity index (χ3v) is 2.51. The van der Waals surface area contributed by atoms with Gasteiger partial charge in [-0.05, 0) is 30.5 Å². The predicted molar refractivity (Wildman–Crippen MR) is 59.3 cm³/mol. The molecule has 0 saturated heterocycles. The van der Waals surface area contributed by atoms with Crippen LogP contribution in [-0.2, 0) is 4.79 Å². The summed E-state index contributed by atoms with van der Waals surface area (Å²) < 4.78 is 5.62. The molecule has 1 saturated carbocycles. The second-order valence-electron chi connectivity index (χ2n) is 4.09. The number of carboxylic acids is 1. The number of nitrogens with two attached hydrogens (primary N) is 1. The first-order valence-corrected chi connectivity index (χ1v) is 5.39. The van der Waals surface area contributed by atoms with Gasteiger partial charge in [-0.25, -0.2) is 0 Å². The van der Waals surface area contributed by atoms with E-state index in [4.69, 9.17) is 15.6 Å². The van der Waals surface area contributed by atoms with Gasteiger partial charge in [0, 0.05) is 6.04 Å². The smallest absolute Gasteiger partial charge is 0.305 e. The molecule has 0 heterocycles. The molecule has 1 aromatic carbocycles. The highest BCUT2D eigenvalue weighted by Gasteiger charge is 2.23. The number of rotatable bonds is 5. The fourth-order valence-corrected chi connectivity index (χ4v) is 1.50. The van der Waals surface area contributed by atoms with Gasteiger partial charge in [0.25, 0.3) is 0 Å². The van der Waals surface area contributed by atoms with Crippen molar-refractivity contribution in [1.82, 2.24) is 0 Å². The highest BCUT2D eigenvalue weighted by Crippen LogP contribution is 2.28. The van der Waals surface area contributed by atoms with Crippen molar-refractivity contribution in [3.05, 3.63) is 29.8 Å². The monoisotopic (exact) mass is 221 g/mol. The Balaban J connectivity index is 2.04. The zero-order chi connectivity index (χ0) is 11.5. The molecule has 86 valence electrons. The molecule has 1 unspecified atom stereocenters. The number of carbonyl (C=O) groups is 1. The number of benzene rings is 1. The van der Waals surface area contributed by atoms with E-state index in [0.717, 1.165) is 24.2 Å². The van der Waals surface area contributed by atoms with Crippen molar-refractivity contribution in [3.8, 4) is 5.75 Å². The highest BCUT2D eigenvalue weighted by atomic mass is 16.5. The summed E-state index contributed by atoms with van der Waals surface area (Å²) in [5.41, 5.74) is 6.58.